The number of esters is 1. The first kappa shape index (κ1) is 14.3. The number of hydrogen-bond acceptors (Lipinski definition) is 6. The number of tetrazole rings is 1. The molecular weight excluding hydrogens is 280 g/mol. The van der Waals surface area contributed by atoms with Gasteiger partial charge in [-0.3, -0.25) is 4.21 Å². The number of aromatic nitrogens is 4. The van der Waals surface area contributed by atoms with Crippen LogP contribution < -0.4 is 0 Å². The fourth-order valence-corrected chi connectivity index (χ4v) is 2.08. The Bertz CT molecular complexity index is 636. The van der Waals surface area contributed by atoms with Crippen molar-refractivity contribution in [3.8, 4) is 5.69 Å². The zero-order valence-electron chi connectivity index (χ0n) is 11.3. The van der Waals surface area contributed by atoms with Crippen molar-refractivity contribution < 1.29 is 13.7 Å². The highest BCUT2D eigenvalue weighted by atomic mass is 32.2. The van der Waals surface area contributed by atoms with E-state index in [1.807, 2.05) is 0 Å². The molecule has 0 N–H and O–H groups in total. The SMILES string of the molecule is CC(C)OC(=O)c1ccc(-n2nnnc2S(C)=O)cc1. The molecule has 1 aromatic carbocycles. The Kier molecular flexibility index (Phi) is 4.23. The van der Waals surface area contributed by atoms with Gasteiger partial charge < -0.3 is 4.74 Å². The van der Waals surface area contributed by atoms with Crippen molar-refractivity contribution in [3.05, 3.63) is 29.8 Å². The van der Waals surface area contributed by atoms with Gasteiger partial charge >= 0.3 is 5.97 Å². The van der Waals surface area contributed by atoms with Crippen LogP contribution in [0.4, 0.5) is 0 Å². The van der Waals surface area contributed by atoms with Crippen molar-refractivity contribution in [1.29, 1.82) is 0 Å². The first-order valence-electron chi connectivity index (χ1n) is 5.92. The Hall–Kier alpha value is -2.09. The maximum Gasteiger partial charge on any atom is 0.338 e. The van der Waals surface area contributed by atoms with Crippen LogP contribution in [0.2, 0.25) is 0 Å². The Morgan fingerprint density at radius 2 is 1.95 bits per heavy atom. The number of rotatable bonds is 4. The van der Waals surface area contributed by atoms with Gasteiger partial charge in [-0.15, -0.1) is 0 Å². The molecule has 2 rings (SSSR count). The molecule has 0 radical (unpaired) electrons. The fraction of sp³-hybridized carbons (Fsp3) is 0.333. The van der Waals surface area contributed by atoms with Crippen molar-refractivity contribution >= 4 is 16.8 Å². The summed E-state index contributed by atoms with van der Waals surface area (Å²) in [4.78, 5) is 11.7. The largest absolute Gasteiger partial charge is 0.459 e. The summed E-state index contributed by atoms with van der Waals surface area (Å²) >= 11 is 0. The zero-order chi connectivity index (χ0) is 14.7. The van der Waals surface area contributed by atoms with Crippen LogP contribution >= 0.6 is 0 Å². The average Bonchev–Trinajstić information content (AvgIpc) is 2.87. The van der Waals surface area contributed by atoms with Crippen molar-refractivity contribution in [3.63, 3.8) is 0 Å². The Labute approximate surface area is 118 Å². The molecule has 0 bridgehead atoms. The van der Waals surface area contributed by atoms with Gasteiger partial charge in [-0.2, -0.15) is 4.68 Å². The number of benzene rings is 1. The molecule has 1 aromatic heterocycles. The summed E-state index contributed by atoms with van der Waals surface area (Å²) in [5.41, 5.74) is 1.07. The normalized spacial score (nSPS) is 12.4. The first-order chi connectivity index (χ1) is 9.49. The van der Waals surface area contributed by atoms with Gasteiger partial charge in [0.1, 0.15) is 0 Å². The number of carbonyl (C=O) groups is 1. The number of nitrogens with zero attached hydrogens (tertiary/aromatic N) is 4. The average molecular weight is 294 g/mol. The molecule has 2 aromatic rings. The summed E-state index contributed by atoms with van der Waals surface area (Å²) in [7, 11) is -1.30. The third-order valence-electron chi connectivity index (χ3n) is 2.39. The van der Waals surface area contributed by atoms with Crippen LogP contribution in [0.25, 0.3) is 5.69 Å². The lowest BCUT2D eigenvalue weighted by Gasteiger charge is -2.08. The summed E-state index contributed by atoms with van der Waals surface area (Å²) in [6.45, 7) is 3.58. The molecule has 106 valence electrons. The van der Waals surface area contributed by atoms with Gasteiger partial charge in [-0.25, -0.2) is 4.79 Å². The van der Waals surface area contributed by atoms with Gasteiger partial charge in [-0.05, 0) is 48.5 Å². The summed E-state index contributed by atoms with van der Waals surface area (Å²) in [6.07, 6.45) is 1.33. The van der Waals surface area contributed by atoms with Crippen molar-refractivity contribution in [2.24, 2.45) is 0 Å². The molecule has 1 atom stereocenters. The van der Waals surface area contributed by atoms with Crippen molar-refractivity contribution in [2.45, 2.75) is 25.1 Å². The maximum absolute atomic E-state index is 11.7. The van der Waals surface area contributed by atoms with E-state index in [0.717, 1.165) is 0 Å². The summed E-state index contributed by atoms with van der Waals surface area (Å²) in [5.74, 6) is -0.387. The highest BCUT2D eigenvalue weighted by Gasteiger charge is 2.13. The van der Waals surface area contributed by atoms with E-state index in [0.29, 0.717) is 11.3 Å². The van der Waals surface area contributed by atoms with E-state index in [9.17, 15) is 9.00 Å². The van der Waals surface area contributed by atoms with Gasteiger partial charge in [0, 0.05) is 6.26 Å². The van der Waals surface area contributed by atoms with E-state index in [2.05, 4.69) is 15.5 Å². The standard InChI is InChI=1S/C12H14N4O3S/c1-8(2)19-11(17)9-4-6-10(7-5-9)16-12(20(3)18)13-14-15-16/h4-8H,1-3H3. The molecule has 0 fully saturated rings. The lowest BCUT2D eigenvalue weighted by atomic mass is 10.2. The van der Waals surface area contributed by atoms with Crippen LogP contribution in [0.15, 0.2) is 29.4 Å². The lowest BCUT2D eigenvalue weighted by molar-refractivity contribution is 0.0378. The highest BCUT2D eigenvalue weighted by molar-refractivity contribution is 7.84. The molecule has 0 aliphatic carbocycles. The van der Waals surface area contributed by atoms with Crippen LogP contribution in [0, 0.1) is 0 Å². The zero-order valence-corrected chi connectivity index (χ0v) is 12.1. The molecule has 0 saturated heterocycles. The monoisotopic (exact) mass is 294 g/mol. The van der Waals surface area contributed by atoms with Crippen LogP contribution in [0.1, 0.15) is 24.2 Å². The first-order valence-corrected chi connectivity index (χ1v) is 7.48. The third-order valence-corrected chi connectivity index (χ3v) is 3.16. The second-order valence-corrected chi connectivity index (χ2v) is 5.60. The smallest absolute Gasteiger partial charge is 0.338 e. The van der Waals surface area contributed by atoms with Crippen LogP contribution in [0.5, 0.6) is 0 Å². The lowest BCUT2D eigenvalue weighted by Crippen LogP contribution is -2.11. The Morgan fingerprint density at radius 3 is 2.50 bits per heavy atom. The van der Waals surface area contributed by atoms with Gasteiger partial charge in [0.15, 0.2) is 0 Å². The molecule has 7 nitrogen and oxygen atoms in total. The topological polar surface area (TPSA) is 87.0 Å². The molecule has 0 saturated carbocycles. The van der Waals surface area contributed by atoms with Gasteiger partial charge in [-0.1, -0.05) is 5.10 Å². The van der Waals surface area contributed by atoms with E-state index in [1.165, 1.54) is 10.9 Å². The minimum absolute atomic E-state index is 0.171. The van der Waals surface area contributed by atoms with E-state index in [-0.39, 0.29) is 17.2 Å². The molecule has 20 heavy (non-hydrogen) atoms. The molecule has 0 aliphatic rings. The third kappa shape index (κ3) is 3.08. The fourth-order valence-electron chi connectivity index (χ4n) is 1.54. The van der Waals surface area contributed by atoms with E-state index < -0.39 is 10.8 Å². The molecule has 0 amide bonds. The summed E-state index contributed by atoms with van der Waals surface area (Å²) in [5, 5.41) is 11.2. The maximum atomic E-state index is 11.7. The second-order valence-electron chi connectivity index (χ2n) is 4.33. The molecule has 0 spiro atoms. The molecule has 1 heterocycles. The molecule has 0 aliphatic heterocycles. The van der Waals surface area contributed by atoms with Crippen LogP contribution in [-0.2, 0) is 15.5 Å². The highest BCUT2D eigenvalue weighted by Crippen LogP contribution is 2.12. The second kappa shape index (κ2) is 5.91. The predicted octanol–water partition coefficient (Wildman–Crippen LogP) is 0.965. The number of hydrogen-bond donors (Lipinski definition) is 0. The van der Waals surface area contributed by atoms with Gasteiger partial charge in [0.05, 0.1) is 28.2 Å². The van der Waals surface area contributed by atoms with Gasteiger partial charge in [0.25, 0.3) is 0 Å². The van der Waals surface area contributed by atoms with E-state index in [4.69, 9.17) is 4.74 Å². The molecule has 8 heteroatoms. The Balaban J connectivity index is 2.26. The van der Waals surface area contributed by atoms with E-state index >= 15 is 0 Å². The Morgan fingerprint density at radius 1 is 1.30 bits per heavy atom. The molecule has 1 unspecified atom stereocenters. The minimum atomic E-state index is -1.30. The van der Waals surface area contributed by atoms with Gasteiger partial charge in [0.2, 0.25) is 5.16 Å². The van der Waals surface area contributed by atoms with Crippen molar-refractivity contribution in [2.75, 3.05) is 6.26 Å². The molecular formula is C12H14N4O3S. The number of carbonyl (C=O) groups excluding carboxylic acids is 1. The summed E-state index contributed by atoms with van der Waals surface area (Å²) in [6, 6.07) is 6.57. The quantitative estimate of drug-likeness (QED) is 0.781. The van der Waals surface area contributed by atoms with Crippen LogP contribution in [0.3, 0.4) is 0 Å². The van der Waals surface area contributed by atoms with E-state index in [1.54, 1.807) is 38.1 Å². The predicted molar refractivity (Wildman–Crippen MR) is 72.0 cm³/mol. The van der Waals surface area contributed by atoms with Crippen molar-refractivity contribution in [1.82, 2.24) is 20.2 Å². The summed E-state index contributed by atoms with van der Waals surface area (Å²) < 4.78 is 17.9. The number of ether oxygens (including phenoxy) is 1. The van der Waals surface area contributed by atoms with Crippen LogP contribution in [-0.4, -0.2) is 42.7 Å². The minimum Gasteiger partial charge on any atom is -0.459 e.